The standard InChI is InChI=1S/C10H21N2O2P/c1-6-13-15(14-7-2)10(3)8-9-11-12(4)5/h8-9H,6-7H2,1-5H3/b10-8-,11-9+. The van der Waals surface area contributed by atoms with Gasteiger partial charge in [-0.2, -0.15) is 5.10 Å². The van der Waals surface area contributed by atoms with Gasteiger partial charge in [0.25, 0.3) is 0 Å². The number of hydrazone groups is 1. The molecule has 0 saturated heterocycles. The molecule has 0 amide bonds. The Labute approximate surface area is 93.9 Å². The lowest BCUT2D eigenvalue weighted by molar-refractivity contribution is 0.274. The highest BCUT2D eigenvalue weighted by Crippen LogP contribution is 2.46. The van der Waals surface area contributed by atoms with Crippen LogP contribution in [0.3, 0.4) is 0 Å². The van der Waals surface area contributed by atoms with Crippen molar-refractivity contribution in [1.82, 2.24) is 5.01 Å². The highest BCUT2D eigenvalue weighted by molar-refractivity contribution is 7.52. The van der Waals surface area contributed by atoms with Crippen molar-refractivity contribution in [3.8, 4) is 0 Å². The third kappa shape index (κ3) is 7.48. The summed E-state index contributed by atoms with van der Waals surface area (Å²) in [5.41, 5.74) is 0. The van der Waals surface area contributed by atoms with Crippen LogP contribution in [0.1, 0.15) is 20.8 Å². The van der Waals surface area contributed by atoms with E-state index in [-0.39, 0.29) is 0 Å². The fourth-order valence-electron chi connectivity index (χ4n) is 0.811. The summed E-state index contributed by atoms with van der Waals surface area (Å²) in [6.45, 7) is 7.27. The van der Waals surface area contributed by atoms with E-state index in [9.17, 15) is 0 Å². The van der Waals surface area contributed by atoms with Crippen LogP contribution >= 0.6 is 8.38 Å². The first kappa shape index (κ1) is 14.6. The lowest BCUT2D eigenvalue weighted by Crippen LogP contribution is -2.00. The average Bonchev–Trinajstić information content (AvgIpc) is 2.16. The molecule has 88 valence electrons. The lowest BCUT2D eigenvalue weighted by Gasteiger charge is -2.15. The van der Waals surface area contributed by atoms with Crippen LogP contribution in [-0.2, 0) is 9.05 Å². The van der Waals surface area contributed by atoms with Crippen molar-refractivity contribution in [2.45, 2.75) is 20.8 Å². The maximum absolute atomic E-state index is 5.50. The number of rotatable bonds is 7. The second-order valence-corrected chi connectivity index (χ2v) is 4.75. The van der Waals surface area contributed by atoms with Crippen molar-refractivity contribution in [3.63, 3.8) is 0 Å². The van der Waals surface area contributed by atoms with Gasteiger partial charge >= 0.3 is 0 Å². The molecule has 0 saturated carbocycles. The van der Waals surface area contributed by atoms with Crippen LogP contribution in [-0.4, -0.2) is 38.5 Å². The molecule has 0 aromatic carbocycles. The molecule has 15 heavy (non-hydrogen) atoms. The van der Waals surface area contributed by atoms with Gasteiger partial charge in [0.2, 0.25) is 8.38 Å². The Kier molecular flexibility index (Phi) is 8.58. The molecule has 0 unspecified atom stereocenters. The fraction of sp³-hybridized carbons (Fsp3) is 0.700. The van der Waals surface area contributed by atoms with Gasteiger partial charge in [0.1, 0.15) is 0 Å². The van der Waals surface area contributed by atoms with Gasteiger partial charge in [-0.3, -0.25) is 0 Å². The van der Waals surface area contributed by atoms with Crippen LogP contribution in [0.15, 0.2) is 16.5 Å². The molecule has 0 aliphatic rings. The summed E-state index contributed by atoms with van der Waals surface area (Å²) in [7, 11) is 2.86. The van der Waals surface area contributed by atoms with E-state index in [0.29, 0.717) is 13.2 Å². The Hall–Kier alpha value is -0.440. The topological polar surface area (TPSA) is 34.1 Å². The molecule has 0 spiro atoms. The van der Waals surface area contributed by atoms with E-state index in [1.165, 1.54) is 0 Å². The first-order valence-electron chi connectivity index (χ1n) is 5.05. The first-order valence-corrected chi connectivity index (χ1v) is 6.23. The Bertz CT molecular complexity index is 211. The van der Waals surface area contributed by atoms with Crippen molar-refractivity contribution < 1.29 is 9.05 Å². The first-order chi connectivity index (χ1) is 7.11. The van der Waals surface area contributed by atoms with Crippen LogP contribution in [0.2, 0.25) is 0 Å². The van der Waals surface area contributed by atoms with E-state index < -0.39 is 8.38 Å². The Morgan fingerprint density at radius 3 is 2.20 bits per heavy atom. The number of allylic oxidation sites excluding steroid dienone is 2. The highest BCUT2D eigenvalue weighted by atomic mass is 31.2. The SMILES string of the molecule is CCOP(OCC)/C(C)=C\C=N\N(C)C. The maximum atomic E-state index is 5.50. The van der Waals surface area contributed by atoms with Gasteiger partial charge in [-0.1, -0.05) is 0 Å². The Morgan fingerprint density at radius 2 is 1.80 bits per heavy atom. The second kappa shape index (κ2) is 8.84. The molecular formula is C10H21N2O2P. The Morgan fingerprint density at radius 1 is 1.27 bits per heavy atom. The molecule has 0 radical (unpaired) electrons. The second-order valence-electron chi connectivity index (χ2n) is 3.01. The summed E-state index contributed by atoms with van der Waals surface area (Å²) < 4.78 is 11.0. The zero-order valence-electron chi connectivity index (χ0n) is 10.2. The minimum Gasteiger partial charge on any atom is -0.331 e. The quantitative estimate of drug-likeness (QED) is 0.384. The van der Waals surface area contributed by atoms with Crippen LogP contribution in [0.25, 0.3) is 0 Å². The van der Waals surface area contributed by atoms with E-state index in [4.69, 9.17) is 9.05 Å². The van der Waals surface area contributed by atoms with Gasteiger partial charge in [-0.15, -0.1) is 0 Å². The molecule has 0 aliphatic heterocycles. The molecular weight excluding hydrogens is 211 g/mol. The third-order valence-corrected chi connectivity index (χ3v) is 3.10. The molecule has 0 fully saturated rings. The van der Waals surface area contributed by atoms with Crippen molar-refractivity contribution >= 4 is 14.6 Å². The molecule has 0 heterocycles. The Balaban J connectivity index is 4.26. The molecule has 0 aromatic heterocycles. The number of nitrogens with zero attached hydrogens (tertiary/aromatic N) is 2. The van der Waals surface area contributed by atoms with Gasteiger partial charge in [0, 0.05) is 25.6 Å². The van der Waals surface area contributed by atoms with Gasteiger partial charge in [0.05, 0.1) is 13.2 Å². The number of hydrogen-bond acceptors (Lipinski definition) is 4. The predicted octanol–water partition coefficient (Wildman–Crippen LogP) is 2.82. The molecule has 5 heteroatoms. The minimum absolute atomic E-state index is 0.668. The molecule has 0 aromatic rings. The van der Waals surface area contributed by atoms with E-state index in [1.807, 2.05) is 40.9 Å². The van der Waals surface area contributed by atoms with Crippen molar-refractivity contribution in [2.24, 2.45) is 5.10 Å². The summed E-state index contributed by atoms with van der Waals surface area (Å²) >= 11 is 0. The molecule has 4 nitrogen and oxygen atoms in total. The minimum atomic E-state index is -0.902. The van der Waals surface area contributed by atoms with E-state index >= 15 is 0 Å². The lowest BCUT2D eigenvalue weighted by atomic mass is 10.6. The molecule has 0 bridgehead atoms. The predicted molar refractivity (Wildman–Crippen MR) is 66.1 cm³/mol. The zero-order chi connectivity index (χ0) is 11.7. The number of hydrogen-bond donors (Lipinski definition) is 0. The molecule has 0 aliphatic carbocycles. The maximum Gasteiger partial charge on any atom is 0.200 e. The van der Waals surface area contributed by atoms with Crippen LogP contribution in [0.4, 0.5) is 0 Å². The molecule has 0 rings (SSSR count). The normalized spacial score (nSPS) is 12.8. The van der Waals surface area contributed by atoms with Gasteiger partial charge in [-0.05, 0) is 26.8 Å². The summed E-state index contributed by atoms with van der Waals surface area (Å²) in [6.07, 6.45) is 3.68. The summed E-state index contributed by atoms with van der Waals surface area (Å²) in [5.74, 6) is 0. The fourth-order valence-corrected chi connectivity index (χ4v) is 1.95. The van der Waals surface area contributed by atoms with E-state index in [1.54, 1.807) is 11.2 Å². The van der Waals surface area contributed by atoms with Gasteiger partial charge < -0.3 is 14.1 Å². The third-order valence-electron chi connectivity index (χ3n) is 1.39. The smallest absolute Gasteiger partial charge is 0.200 e. The van der Waals surface area contributed by atoms with Crippen molar-refractivity contribution in [3.05, 3.63) is 11.4 Å². The monoisotopic (exact) mass is 232 g/mol. The van der Waals surface area contributed by atoms with E-state index in [2.05, 4.69) is 5.10 Å². The summed E-state index contributed by atoms with van der Waals surface area (Å²) in [4.78, 5) is 0. The van der Waals surface area contributed by atoms with Crippen LogP contribution in [0.5, 0.6) is 0 Å². The average molecular weight is 232 g/mol. The summed E-state index contributed by atoms with van der Waals surface area (Å²) in [5, 5.41) is 6.92. The van der Waals surface area contributed by atoms with Crippen molar-refractivity contribution in [2.75, 3.05) is 27.3 Å². The van der Waals surface area contributed by atoms with Gasteiger partial charge in [-0.25, -0.2) is 0 Å². The largest absolute Gasteiger partial charge is 0.331 e. The molecule has 0 atom stereocenters. The zero-order valence-corrected chi connectivity index (χ0v) is 11.1. The van der Waals surface area contributed by atoms with Crippen LogP contribution < -0.4 is 0 Å². The highest BCUT2D eigenvalue weighted by Gasteiger charge is 2.10. The molecule has 0 N–H and O–H groups in total. The van der Waals surface area contributed by atoms with E-state index in [0.717, 1.165) is 5.31 Å². The van der Waals surface area contributed by atoms with Crippen LogP contribution in [0, 0.1) is 0 Å². The van der Waals surface area contributed by atoms with Crippen molar-refractivity contribution in [1.29, 1.82) is 0 Å². The van der Waals surface area contributed by atoms with Gasteiger partial charge in [0.15, 0.2) is 0 Å². The summed E-state index contributed by atoms with van der Waals surface area (Å²) in [6, 6.07) is 0.